The summed E-state index contributed by atoms with van der Waals surface area (Å²) in [6.07, 6.45) is -0.149. The summed E-state index contributed by atoms with van der Waals surface area (Å²) in [4.78, 5) is 24.7. The van der Waals surface area contributed by atoms with Gasteiger partial charge in [-0.1, -0.05) is 11.6 Å². The van der Waals surface area contributed by atoms with E-state index in [0.29, 0.717) is 28.3 Å². The molecule has 1 aliphatic heterocycles. The molecule has 1 aromatic carbocycles. The molecule has 1 atom stereocenters. The SMILES string of the molecule is O=C(O)CC1COCCN1C(=O)Nc1cc(Cl)ccc1Br. The zero-order chi connectivity index (χ0) is 15.4. The Morgan fingerprint density at radius 2 is 2.29 bits per heavy atom. The molecule has 1 unspecified atom stereocenters. The summed E-state index contributed by atoms with van der Waals surface area (Å²) in [6.45, 7) is 0.957. The van der Waals surface area contributed by atoms with Crippen LogP contribution in [-0.2, 0) is 9.53 Å². The lowest BCUT2D eigenvalue weighted by molar-refractivity contribution is -0.139. The second-order valence-electron chi connectivity index (χ2n) is 4.57. The highest BCUT2D eigenvalue weighted by molar-refractivity contribution is 9.10. The van der Waals surface area contributed by atoms with Crippen molar-refractivity contribution in [1.82, 2.24) is 4.90 Å². The van der Waals surface area contributed by atoms with Gasteiger partial charge in [0.05, 0.1) is 31.4 Å². The van der Waals surface area contributed by atoms with E-state index in [-0.39, 0.29) is 19.1 Å². The van der Waals surface area contributed by atoms with E-state index in [1.54, 1.807) is 18.2 Å². The lowest BCUT2D eigenvalue weighted by Gasteiger charge is -2.34. The first-order valence-electron chi connectivity index (χ1n) is 6.29. The van der Waals surface area contributed by atoms with E-state index in [0.717, 1.165) is 0 Å². The highest BCUT2D eigenvalue weighted by atomic mass is 79.9. The molecule has 0 aliphatic carbocycles. The highest BCUT2D eigenvalue weighted by Gasteiger charge is 2.29. The van der Waals surface area contributed by atoms with E-state index in [1.165, 1.54) is 4.90 Å². The third kappa shape index (κ3) is 4.33. The van der Waals surface area contributed by atoms with Crippen LogP contribution in [0.2, 0.25) is 5.02 Å². The van der Waals surface area contributed by atoms with Gasteiger partial charge in [-0.15, -0.1) is 0 Å². The number of carboxylic acid groups (broad SMARTS) is 1. The van der Waals surface area contributed by atoms with Gasteiger partial charge in [-0.2, -0.15) is 0 Å². The number of halogens is 2. The number of nitrogens with one attached hydrogen (secondary N) is 1. The molecule has 6 nitrogen and oxygen atoms in total. The molecule has 8 heteroatoms. The second-order valence-corrected chi connectivity index (χ2v) is 5.87. The molecular formula is C13H14BrClN2O4. The number of nitrogens with zero attached hydrogens (tertiary/aromatic N) is 1. The smallest absolute Gasteiger partial charge is 0.322 e. The lowest BCUT2D eigenvalue weighted by atomic mass is 10.1. The predicted molar refractivity (Wildman–Crippen MR) is 81.7 cm³/mol. The summed E-state index contributed by atoms with van der Waals surface area (Å²) in [7, 11) is 0. The van der Waals surface area contributed by atoms with Crippen molar-refractivity contribution in [2.24, 2.45) is 0 Å². The number of aliphatic carboxylic acids is 1. The van der Waals surface area contributed by atoms with Crippen LogP contribution in [0.15, 0.2) is 22.7 Å². The molecule has 0 bridgehead atoms. The maximum absolute atomic E-state index is 12.3. The average molecular weight is 378 g/mol. The van der Waals surface area contributed by atoms with Crippen molar-refractivity contribution in [3.8, 4) is 0 Å². The van der Waals surface area contributed by atoms with Gasteiger partial charge >= 0.3 is 12.0 Å². The molecule has 0 aromatic heterocycles. The van der Waals surface area contributed by atoms with E-state index in [2.05, 4.69) is 21.2 Å². The van der Waals surface area contributed by atoms with E-state index in [1.807, 2.05) is 0 Å². The minimum Gasteiger partial charge on any atom is -0.481 e. The van der Waals surface area contributed by atoms with Gasteiger partial charge in [0.25, 0.3) is 0 Å². The first-order chi connectivity index (χ1) is 9.97. The van der Waals surface area contributed by atoms with Crippen molar-refractivity contribution in [3.63, 3.8) is 0 Å². The summed E-state index contributed by atoms with van der Waals surface area (Å²) in [6, 6.07) is 4.20. The normalized spacial score (nSPS) is 18.4. The number of carbonyl (C=O) groups excluding carboxylic acids is 1. The van der Waals surface area contributed by atoms with Crippen molar-refractivity contribution >= 4 is 45.2 Å². The molecule has 1 aromatic rings. The molecule has 2 N–H and O–H groups in total. The van der Waals surface area contributed by atoms with Crippen LogP contribution >= 0.6 is 27.5 Å². The minimum atomic E-state index is -0.966. The molecule has 0 radical (unpaired) electrons. The van der Waals surface area contributed by atoms with Crippen molar-refractivity contribution < 1.29 is 19.4 Å². The van der Waals surface area contributed by atoms with Gasteiger partial charge in [0.2, 0.25) is 0 Å². The van der Waals surface area contributed by atoms with Crippen molar-refractivity contribution in [2.45, 2.75) is 12.5 Å². The Morgan fingerprint density at radius 3 is 3.00 bits per heavy atom. The summed E-state index contributed by atoms with van der Waals surface area (Å²) < 4.78 is 5.94. The Hall–Kier alpha value is -1.31. The first kappa shape index (κ1) is 16.1. The fraction of sp³-hybridized carbons (Fsp3) is 0.385. The molecule has 0 spiro atoms. The van der Waals surface area contributed by atoms with E-state index in [4.69, 9.17) is 21.4 Å². The van der Waals surface area contributed by atoms with Crippen LogP contribution in [0.25, 0.3) is 0 Å². The fourth-order valence-corrected chi connectivity index (χ4v) is 2.59. The number of ether oxygens (including phenoxy) is 1. The topological polar surface area (TPSA) is 78.9 Å². The number of morpholine rings is 1. The number of urea groups is 1. The molecule has 0 saturated carbocycles. The first-order valence-corrected chi connectivity index (χ1v) is 7.46. The van der Waals surface area contributed by atoms with Gasteiger partial charge in [0.1, 0.15) is 0 Å². The lowest BCUT2D eigenvalue weighted by Crippen LogP contribution is -2.51. The van der Waals surface area contributed by atoms with Crippen LogP contribution < -0.4 is 5.32 Å². The average Bonchev–Trinajstić information content (AvgIpc) is 2.42. The molecule has 1 saturated heterocycles. The third-order valence-corrected chi connectivity index (χ3v) is 4.00. The van der Waals surface area contributed by atoms with Gasteiger partial charge in [0.15, 0.2) is 0 Å². The van der Waals surface area contributed by atoms with Crippen LogP contribution in [0.4, 0.5) is 10.5 Å². The number of hydrogen-bond acceptors (Lipinski definition) is 3. The molecule has 2 amide bonds. The fourth-order valence-electron chi connectivity index (χ4n) is 2.07. The monoisotopic (exact) mass is 376 g/mol. The van der Waals surface area contributed by atoms with E-state index in [9.17, 15) is 9.59 Å². The number of amides is 2. The summed E-state index contributed by atoms with van der Waals surface area (Å²) in [5.41, 5.74) is 0.535. The van der Waals surface area contributed by atoms with Gasteiger partial charge < -0.3 is 20.1 Å². The molecule has 21 heavy (non-hydrogen) atoms. The highest BCUT2D eigenvalue weighted by Crippen LogP contribution is 2.26. The number of anilines is 1. The molecule has 1 heterocycles. The zero-order valence-electron chi connectivity index (χ0n) is 11.0. The van der Waals surface area contributed by atoms with E-state index >= 15 is 0 Å². The summed E-state index contributed by atoms with van der Waals surface area (Å²) in [5.74, 6) is -0.966. The van der Waals surface area contributed by atoms with Crippen LogP contribution in [0.3, 0.4) is 0 Å². The van der Waals surface area contributed by atoms with Gasteiger partial charge in [-0.3, -0.25) is 4.79 Å². The van der Waals surface area contributed by atoms with Crippen molar-refractivity contribution in [2.75, 3.05) is 25.1 Å². The number of carbonyl (C=O) groups is 2. The Morgan fingerprint density at radius 1 is 1.52 bits per heavy atom. The number of benzene rings is 1. The quantitative estimate of drug-likeness (QED) is 0.849. The molecule has 1 aliphatic rings. The Balaban J connectivity index is 2.10. The Bertz CT molecular complexity index is 555. The van der Waals surface area contributed by atoms with Gasteiger partial charge in [-0.25, -0.2) is 4.79 Å². The maximum atomic E-state index is 12.3. The molecular weight excluding hydrogens is 364 g/mol. The Kier molecular flexibility index (Phi) is 5.44. The van der Waals surface area contributed by atoms with Crippen LogP contribution in [0.5, 0.6) is 0 Å². The van der Waals surface area contributed by atoms with Crippen LogP contribution in [-0.4, -0.2) is 47.8 Å². The van der Waals surface area contributed by atoms with Crippen LogP contribution in [0, 0.1) is 0 Å². The van der Waals surface area contributed by atoms with Gasteiger partial charge in [0, 0.05) is 16.0 Å². The summed E-state index contributed by atoms with van der Waals surface area (Å²) in [5, 5.41) is 12.1. The van der Waals surface area contributed by atoms with Crippen molar-refractivity contribution in [1.29, 1.82) is 0 Å². The van der Waals surface area contributed by atoms with Gasteiger partial charge in [-0.05, 0) is 34.1 Å². The van der Waals surface area contributed by atoms with Crippen LogP contribution in [0.1, 0.15) is 6.42 Å². The number of hydrogen-bond donors (Lipinski definition) is 2. The maximum Gasteiger partial charge on any atom is 0.322 e. The molecule has 114 valence electrons. The number of carboxylic acids is 1. The standard InChI is InChI=1S/C13H14BrClN2O4/c14-10-2-1-8(15)5-11(10)16-13(20)17-3-4-21-7-9(17)6-12(18)19/h1-2,5,9H,3-4,6-7H2,(H,16,20)(H,18,19). The largest absolute Gasteiger partial charge is 0.481 e. The van der Waals surface area contributed by atoms with E-state index < -0.39 is 12.0 Å². The predicted octanol–water partition coefficient (Wildman–Crippen LogP) is 2.81. The minimum absolute atomic E-state index is 0.149. The molecule has 1 fully saturated rings. The number of rotatable bonds is 3. The zero-order valence-corrected chi connectivity index (χ0v) is 13.4. The Labute approximate surface area is 135 Å². The van der Waals surface area contributed by atoms with Crippen molar-refractivity contribution in [3.05, 3.63) is 27.7 Å². The second kappa shape index (κ2) is 7.11. The third-order valence-electron chi connectivity index (χ3n) is 3.07. The molecule has 2 rings (SSSR count). The summed E-state index contributed by atoms with van der Waals surface area (Å²) >= 11 is 9.23.